The summed E-state index contributed by atoms with van der Waals surface area (Å²) in [5.41, 5.74) is 1.37. The fourth-order valence-electron chi connectivity index (χ4n) is 4.80. The van der Waals surface area contributed by atoms with Crippen LogP contribution >= 0.6 is 0 Å². The van der Waals surface area contributed by atoms with Gasteiger partial charge in [-0.15, -0.1) is 0 Å². The summed E-state index contributed by atoms with van der Waals surface area (Å²) in [6, 6.07) is 10.0. The lowest BCUT2D eigenvalue weighted by Gasteiger charge is -2.33. The number of nitrogens with one attached hydrogen (secondary N) is 1. The van der Waals surface area contributed by atoms with Gasteiger partial charge in [-0.25, -0.2) is 0 Å². The molecule has 5 heteroatoms. The van der Waals surface area contributed by atoms with Crippen LogP contribution in [0.3, 0.4) is 0 Å². The minimum atomic E-state index is 0.0894. The number of hydrogen-bond donors (Lipinski definition) is 1. The lowest BCUT2D eigenvalue weighted by atomic mass is 9.90. The molecule has 0 bridgehead atoms. The normalized spacial score (nSPS) is 24.6. The lowest BCUT2D eigenvalue weighted by Crippen LogP contribution is -2.43. The van der Waals surface area contributed by atoms with E-state index in [1.165, 1.54) is 6.42 Å². The fraction of sp³-hybridized carbons (Fsp3) is 0.636. The van der Waals surface area contributed by atoms with Crippen LogP contribution in [0.25, 0.3) is 0 Å². The minimum absolute atomic E-state index is 0.0894. The van der Waals surface area contributed by atoms with E-state index >= 15 is 0 Å². The Bertz CT molecular complexity index is 661. The zero-order valence-electron chi connectivity index (χ0n) is 16.2. The SMILES string of the molecule is O=C(CN1CCC2(CC1)CC2C(=O)N1CCCCC1)NCc1ccccc1. The van der Waals surface area contributed by atoms with Crippen molar-refractivity contribution >= 4 is 11.8 Å². The quantitative estimate of drug-likeness (QED) is 0.867. The third-order valence-corrected chi connectivity index (χ3v) is 6.71. The van der Waals surface area contributed by atoms with Crippen LogP contribution in [0, 0.1) is 11.3 Å². The number of piperidine rings is 2. The molecule has 5 nitrogen and oxygen atoms in total. The van der Waals surface area contributed by atoms with Crippen molar-refractivity contribution in [3.8, 4) is 0 Å². The van der Waals surface area contributed by atoms with Crippen molar-refractivity contribution in [3.63, 3.8) is 0 Å². The summed E-state index contributed by atoms with van der Waals surface area (Å²) in [4.78, 5) is 29.3. The zero-order valence-corrected chi connectivity index (χ0v) is 16.2. The van der Waals surface area contributed by atoms with Gasteiger partial charge in [-0.3, -0.25) is 14.5 Å². The van der Waals surface area contributed by atoms with Gasteiger partial charge in [-0.2, -0.15) is 0 Å². The van der Waals surface area contributed by atoms with Gasteiger partial charge in [0, 0.05) is 25.6 Å². The Morgan fingerprint density at radius 3 is 2.41 bits per heavy atom. The summed E-state index contributed by atoms with van der Waals surface area (Å²) < 4.78 is 0. The summed E-state index contributed by atoms with van der Waals surface area (Å²) >= 11 is 0. The van der Waals surface area contributed by atoms with Gasteiger partial charge in [0.1, 0.15) is 0 Å². The molecule has 1 aliphatic carbocycles. The average Bonchev–Trinajstić information content (AvgIpc) is 3.42. The van der Waals surface area contributed by atoms with E-state index in [2.05, 4.69) is 15.1 Å². The molecule has 2 saturated heterocycles. The maximum Gasteiger partial charge on any atom is 0.234 e. The molecule has 4 rings (SSSR count). The Morgan fingerprint density at radius 1 is 1.00 bits per heavy atom. The first kappa shape index (κ1) is 18.5. The van der Waals surface area contributed by atoms with Gasteiger partial charge in [0.25, 0.3) is 0 Å². The summed E-state index contributed by atoms with van der Waals surface area (Å²) in [5, 5.41) is 3.01. The lowest BCUT2D eigenvalue weighted by molar-refractivity contribution is -0.134. The van der Waals surface area contributed by atoms with Crippen LogP contribution in [0.15, 0.2) is 30.3 Å². The smallest absolute Gasteiger partial charge is 0.234 e. The second kappa shape index (κ2) is 8.01. The molecule has 1 saturated carbocycles. The van der Waals surface area contributed by atoms with Gasteiger partial charge in [0.15, 0.2) is 0 Å². The largest absolute Gasteiger partial charge is 0.351 e. The Kier molecular flexibility index (Phi) is 5.48. The third-order valence-electron chi connectivity index (χ3n) is 6.71. The van der Waals surface area contributed by atoms with Gasteiger partial charge >= 0.3 is 0 Å². The number of likely N-dealkylation sites (tertiary alicyclic amines) is 2. The summed E-state index contributed by atoms with van der Waals surface area (Å²) in [6.07, 6.45) is 6.78. The molecule has 3 fully saturated rings. The number of carbonyl (C=O) groups excluding carboxylic acids is 2. The van der Waals surface area contributed by atoms with E-state index in [0.29, 0.717) is 19.0 Å². The van der Waals surface area contributed by atoms with Gasteiger partial charge in [-0.05, 0) is 62.6 Å². The molecule has 1 atom stereocenters. The fourth-order valence-corrected chi connectivity index (χ4v) is 4.80. The molecule has 27 heavy (non-hydrogen) atoms. The van der Waals surface area contributed by atoms with Crippen LogP contribution in [-0.4, -0.2) is 54.3 Å². The van der Waals surface area contributed by atoms with Crippen LogP contribution in [0.1, 0.15) is 44.1 Å². The molecule has 2 amide bonds. The standard InChI is InChI=1S/C22H31N3O2/c26-20(23-16-18-7-3-1-4-8-18)17-24-13-9-22(10-14-24)15-19(22)21(27)25-11-5-2-6-12-25/h1,3-4,7-8,19H,2,5-6,9-17H2,(H,23,26). The van der Waals surface area contributed by atoms with Gasteiger partial charge in [-0.1, -0.05) is 30.3 Å². The van der Waals surface area contributed by atoms with Crippen molar-refractivity contribution in [2.75, 3.05) is 32.7 Å². The molecule has 1 spiro atoms. The molecule has 0 aromatic heterocycles. The molecular formula is C22H31N3O2. The first-order chi connectivity index (χ1) is 13.2. The number of rotatable bonds is 5. The molecular weight excluding hydrogens is 338 g/mol. The van der Waals surface area contributed by atoms with Crippen LogP contribution in [-0.2, 0) is 16.1 Å². The number of hydrogen-bond acceptors (Lipinski definition) is 3. The van der Waals surface area contributed by atoms with Crippen molar-refractivity contribution in [2.45, 2.75) is 45.1 Å². The maximum absolute atomic E-state index is 12.8. The second-order valence-corrected chi connectivity index (χ2v) is 8.54. The molecule has 146 valence electrons. The highest BCUT2D eigenvalue weighted by Gasteiger charge is 2.59. The van der Waals surface area contributed by atoms with E-state index in [9.17, 15) is 9.59 Å². The molecule has 1 N–H and O–H groups in total. The van der Waals surface area contributed by atoms with E-state index in [1.807, 2.05) is 30.3 Å². The van der Waals surface area contributed by atoms with Crippen LogP contribution in [0.2, 0.25) is 0 Å². The van der Waals surface area contributed by atoms with Gasteiger partial charge < -0.3 is 10.2 Å². The molecule has 3 aliphatic rings. The second-order valence-electron chi connectivity index (χ2n) is 8.54. The molecule has 1 aromatic rings. The molecule has 0 radical (unpaired) electrons. The van der Waals surface area contributed by atoms with E-state index in [-0.39, 0.29) is 17.2 Å². The summed E-state index contributed by atoms with van der Waals surface area (Å²) in [5.74, 6) is 0.750. The highest BCUT2D eigenvalue weighted by atomic mass is 16.2. The highest BCUT2D eigenvalue weighted by Crippen LogP contribution is 2.60. The average molecular weight is 370 g/mol. The molecule has 2 heterocycles. The van der Waals surface area contributed by atoms with Crippen molar-refractivity contribution in [2.24, 2.45) is 11.3 Å². The number of benzene rings is 1. The predicted molar refractivity (Wildman–Crippen MR) is 105 cm³/mol. The number of carbonyl (C=O) groups is 2. The van der Waals surface area contributed by atoms with Crippen molar-refractivity contribution < 1.29 is 9.59 Å². The van der Waals surface area contributed by atoms with Crippen molar-refractivity contribution in [1.29, 1.82) is 0 Å². The van der Waals surface area contributed by atoms with Gasteiger partial charge in [0.2, 0.25) is 11.8 Å². The minimum Gasteiger partial charge on any atom is -0.351 e. The zero-order chi connectivity index (χ0) is 18.7. The maximum atomic E-state index is 12.8. The van der Waals surface area contributed by atoms with Crippen molar-refractivity contribution in [3.05, 3.63) is 35.9 Å². The summed E-state index contributed by atoms with van der Waals surface area (Å²) in [6.45, 7) is 4.83. The van der Waals surface area contributed by atoms with E-state index in [0.717, 1.165) is 63.8 Å². The van der Waals surface area contributed by atoms with Gasteiger partial charge in [0.05, 0.1) is 6.54 Å². The predicted octanol–water partition coefficient (Wildman–Crippen LogP) is 2.42. The first-order valence-corrected chi connectivity index (χ1v) is 10.5. The van der Waals surface area contributed by atoms with E-state index in [1.54, 1.807) is 0 Å². The van der Waals surface area contributed by atoms with E-state index < -0.39 is 0 Å². The molecule has 1 unspecified atom stereocenters. The molecule has 2 aliphatic heterocycles. The van der Waals surface area contributed by atoms with Crippen LogP contribution in [0.4, 0.5) is 0 Å². The third kappa shape index (κ3) is 4.34. The van der Waals surface area contributed by atoms with Crippen molar-refractivity contribution in [1.82, 2.24) is 15.1 Å². The van der Waals surface area contributed by atoms with Crippen LogP contribution in [0.5, 0.6) is 0 Å². The van der Waals surface area contributed by atoms with Crippen LogP contribution < -0.4 is 5.32 Å². The highest BCUT2D eigenvalue weighted by molar-refractivity contribution is 5.83. The molecule has 1 aromatic carbocycles. The Balaban J connectivity index is 1.19. The monoisotopic (exact) mass is 369 g/mol. The Hall–Kier alpha value is -1.88. The Morgan fingerprint density at radius 2 is 1.70 bits per heavy atom. The summed E-state index contributed by atoms with van der Waals surface area (Å²) in [7, 11) is 0. The Labute approximate surface area is 162 Å². The van der Waals surface area contributed by atoms with E-state index in [4.69, 9.17) is 0 Å². The first-order valence-electron chi connectivity index (χ1n) is 10.5. The number of nitrogens with zero attached hydrogens (tertiary/aromatic N) is 2. The topological polar surface area (TPSA) is 52.7 Å². The number of amides is 2.